The van der Waals surface area contributed by atoms with Gasteiger partial charge in [-0.1, -0.05) is 0 Å². The summed E-state index contributed by atoms with van der Waals surface area (Å²) in [5.41, 5.74) is 6.02. The first-order valence-electron chi connectivity index (χ1n) is 21.8. The summed E-state index contributed by atoms with van der Waals surface area (Å²) in [6.45, 7) is 0.0584. The molecule has 30 nitrogen and oxygen atoms in total. The van der Waals surface area contributed by atoms with Gasteiger partial charge in [0.1, 0.15) is 116 Å². The largest absolute Gasteiger partial charge is 0.394 e. The normalized spacial score (nSPS) is 46.1. The monoisotopic (exact) mass is 993 g/mol. The summed E-state index contributed by atoms with van der Waals surface area (Å²) in [5, 5.41) is 149. The average molecular weight is 994 g/mol. The summed E-state index contributed by atoms with van der Waals surface area (Å²) >= 11 is 0. The van der Waals surface area contributed by atoms with Gasteiger partial charge >= 0.3 is 0 Å². The van der Waals surface area contributed by atoms with Crippen LogP contribution in [-0.4, -0.2) is 277 Å². The molecule has 0 aliphatic carbocycles. The van der Waals surface area contributed by atoms with Gasteiger partial charge < -0.3 is 131 Å². The topological polar surface area (TPSA) is 471 Å². The van der Waals surface area contributed by atoms with E-state index in [4.69, 9.17) is 48.4 Å². The number of carbonyl (C=O) groups excluding carboxylic acids is 3. The van der Waals surface area contributed by atoms with E-state index in [1.165, 1.54) is 6.92 Å². The van der Waals surface area contributed by atoms with Crippen LogP contribution in [0.3, 0.4) is 0 Å². The van der Waals surface area contributed by atoms with Crippen LogP contribution < -0.4 is 27.0 Å². The molecule has 0 saturated carbocycles. The Morgan fingerprint density at radius 2 is 0.779 bits per heavy atom. The Hall–Kier alpha value is -2.55. The van der Waals surface area contributed by atoms with Crippen LogP contribution in [0.25, 0.3) is 0 Å². The maximum atomic E-state index is 12.5. The summed E-state index contributed by atoms with van der Waals surface area (Å²) in [5.74, 6) is -2.19. The third-order valence-electron chi connectivity index (χ3n) is 12.1. The number of hydrogen-bond acceptors (Lipinski definition) is 27. The molecule has 0 aromatic rings. The van der Waals surface area contributed by atoms with Gasteiger partial charge in [0.05, 0.1) is 45.1 Å². The first-order chi connectivity index (χ1) is 32.1. The SMILES string of the molecule is CC(=O)N[C@H]1[C@H](OC2[C@@H](CO)O[C@@H](OC3[C@@H](CO)O[C@@H](OC4[C@@H](CO)OC(O)[C@H](NC(C)=O)[C@H]4O)[C@H](NC(C)=O)[C@H]3O)[C@H](NC(C)O)[C@H]2O)O[C@H](CO)C(O[C@@H]2O[C@H](CO)[C@@H](O)[C@H](O)[C@H]2N)[C@@H]1O. The minimum atomic E-state index is -1.92. The number of aliphatic hydroxyl groups is 13. The van der Waals surface area contributed by atoms with Crippen molar-refractivity contribution in [2.75, 3.05) is 33.0 Å². The highest BCUT2D eigenvalue weighted by atomic mass is 16.8. The van der Waals surface area contributed by atoms with Crippen molar-refractivity contribution in [2.45, 2.75) is 187 Å². The Morgan fingerprint density at radius 3 is 1.15 bits per heavy atom. The van der Waals surface area contributed by atoms with Crippen molar-refractivity contribution in [2.24, 2.45) is 5.73 Å². The number of carbonyl (C=O) groups is 3. The fraction of sp³-hybridized carbons (Fsp3) is 0.921. The summed E-state index contributed by atoms with van der Waals surface area (Å²) in [7, 11) is 0. The number of hydrogen-bond donors (Lipinski definition) is 18. The fourth-order valence-corrected chi connectivity index (χ4v) is 8.77. The van der Waals surface area contributed by atoms with Gasteiger partial charge in [-0.25, -0.2) is 0 Å². The van der Waals surface area contributed by atoms with Crippen molar-refractivity contribution < 1.29 is 123 Å². The third-order valence-corrected chi connectivity index (χ3v) is 12.1. The zero-order valence-corrected chi connectivity index (χ0v) is 37.3. The predicted molar refractivity (Wildman–Crippen MR) is 216 cm³/mol. The van der Waals surface area contributed by atoms with E-state index in [1.54, 1.807) is 0 Å². The molecule has 0 bridgehead atoms. The van der Waals surface area contributed by atoms with Crippen LogP contribution in [0.4, 0.5) is 0 Å². The Kier molecular flexibility index (Phi) is 20.5. The highest BCUT2D eigenvalue weighted by Crippen LogP contribution is 2.36. The minimum absolute atomic E-state index is 0.677. The molecule has 394 valence electrons. The molecule has 19 N–H and O–H groups in total. The molecular weight excluding hydrogens is 926 g/mol. The lowest BCUT2D eigenvalue weighted by Crippen LogP contribution is -2.72. The van der Waals surface area contributed by atoms with Crippen molar-refractivity contribution in [3.05, 3.63) is 0 Å². The molecule has 0 aromatic carbocycles. The number of rotatable bonds is 18. The fourth-order valence-electron chi connectivity index (χ4n) is 8.77. The molecule has 0 radical (unpaired) electrons. The minimum Gasteiger partial charge on any atom is -0.394 e. The van der Waals surface area contributed by atoms with Gasteiger partial charge in [0.15, 0.2) is 31.5 Å². The molecule has 0 aromatic heterocycles. The molecule has 26 atom stereocenters. The Balaban J connectivity index is 1.38. The summed E-state index contributed by atoms with van der Waals surface area (Å²) < 4.78 is 52.8. The van der Waals surface area contributed by atoms with E-state index in [9.17, 15) is 80.8 Å². The molecule has 5 rings (SSSR count). The maximum Gasteiger partial charge on any atom is 0.217 e. The molecule has 5 heterocycles. The van der Waals surface area contributed by atoms with Crippen molar-refractivity contribution in [3.63, 3.8) is 0 Å². The Labute approximate surface area is 388 Å². The zero-order chi connectivity index (χ0) is 50.5. The Bertz CT molecular complexity index is 1630. The van der Waals surface area contributed by atoms with E-state index < -0.39 is 210 Å². The average Bonchev–Trinajstić information content (AvgIpc) is 3.28. The van der Waals surface area contributed by atoms with Crippen LogP contribution in [-0.2, 0) is 57.0 Å². The van der Waals surface area contributed by atoms with Crippen molar-refractivity contribution in [1.82, 2.24) is 21.3 Å². The summed E-state index contributed by atoms with van der Waals surface area (Å²) in [4.78, 5) is 36.8. The van der Waals surface area contributed by atoms with Crippen LogP contribution >= 0.6 is 0 Å². The Morgan fingerprint density at radius 1 is 0.471 bits per heavy atom. The lowest BCUT2D eigenvalue weighted by atomic mass is 9.93. The summed E-state index contributed by atoms with van der Waals surface area (Å²) in [6.07, 6.45) is -35.3. The van der Waals surface area contributed by atoms with Crippen LogP contribution in [0.5, 0.6) is 0 Å². The smallest absolute Gasteiger partial charge is 0.217 e. The quantitative estimate of drug-likeness (QED) is 0.0567. The lowest BCUT2D eigenvalue weighted by molar-refractivity contribution is -0.368. The van der Waals surface area contributed by atoms with Gasteiger partial charge in [-0.05, 0) is 6.92 Å². The predicted octanol–water partition coefficient (Wildman–Crippen LogP) is -11.6. The first kappa shape index (κ1) is 56.4. The van der Waals surface area contributed by atoms with Gasteiger partial charge in [0.2, 0.25) is 17.7 Å². The van der Waals surface area contributed by atoms with Gasteiger partial charge in [0, 0.05) is 20.8 Å². The summed E-state index contributed by atoms with van der Waals surface area (Å²) in [6, 6.07) is -7.76. The molecular formula is C38H67N5O25. The van der Waals surface area contributed by atoms with Crippen LogP contribution in [0.1, 0.15) is 27.7 Å². The molecule has 30 heteroatoms. The number of ether oxygens (including phenoxy) is 9. The molecule has 0 spiro atoms. The van der Waals surface area contributed by atoms with E-state index in [1.807, 2.05) is 0 Å². The standard InChI is InChI=1S/C38H67N5O25/c1-10(49)40-20-26(55)30(15(6-45)60-34(20)59)66-36-22(42-12(3)51)28(57)32(17(8-47)63-36)68-38-23(43-13(4)52)29(58)33(18(9-48)64-38)67-37-21(41-11(2)50)27(56)31(16(7-46)62-37)65-35-19(39)25(54)24(53)14(5-44)61-35/h13-38,43-48,52-59H,5-9,39H2,1-4H3,(H,40,49)(H,41,50)(H,42,51)/t13?,14-,15-,16-,17-,18-,19-,20-,21-,22-,23-,24-,25-,26-,27-,28-,29-,30?,31?,32?,33?,34?,35+,36+,37+,38+/m1/s1. The second kappa shape index (κ2) is 24.7. The second-order valence-electron chi connectivity index (χ2n) is 17.1. The molecule has 5 saturated heterocycles. The highest BCUT2D eigenvalue weighted by molar-refractivity contribution is 5.74. The maximum absolute atomic E-state index is 12.5. The molecule has 68 heavy (non-hydrogen) atoms. The van der Waals surface area contributed by atoms with E-state index in [0.717, 1.165) is 20.8 Å². The van der Waals surface area contributed by atoms with Crippen molar-refractivity contribution in [3.8, 4) is 0 Å². The van der Waals surface area contributed by atoms with E-state index in [0.29, 0.717) is 0 Å². The number of amides is 3. The molecule has 5 fully saturated rings. The molecule has 6 unspecified atom stereocenters. The van der Waals surface area contributed by atoms with Crippen LogP contribution in [0.2, 0.25) is 0 Å². The van der Waals surface area contributed by atoms with Gasteiger partial charge in [-0.2, -0.15) is 0 Å². The van der Waals surface area contributed by atoms with E-state index in [-0.39, 0.29) is 0 Å². The molecule has 3 amide bonds. The van der Waals surface area contributed by atoms with Gasteiger partial charge in [-0.15, -0.1) is 0 Å². The van der Waals surface area contributed by atoms with Crippen LogP contribution in [0, 0.1) is 0 Å². The second-order valence-corrected chi connectivity index (χ2v) is 17.1. The number of aliphatic hydroxyl groups excluding tert-OH is 13. The van der Waals surface area contributed by atoms with E-state index >= 15 is 0 Å². The van der Waals surface area contributed by atoms with E-state index in [2.05, 4.69) is 21.3 Å². The number of nitrogens with two attached hydrogens (primary N) is 1. The van der Waals surface area contributed by atoms with Crippen molar-refractivity contribution >= 4 is 17.7 Å². The molecule has 5 aliphatic rings. The number of nitrogens with one attached hydrogen (secondary N) is 4. The molecule has 5 aliphatic heterocycles. The van der Waals surface area contributed by atoms with Gasteiger partial charge in [-0.3, -0.25) is 19.7 Å². The highest BCUT2D eigenvalue weighted by Gasteiger charge is 2.57. The first-order valence-corrected chi connectivity index (χ1v) is 21.8. The third kappa shape index (κ3) is 12.7. The van der Waals surface area contributed by atoms with Crippen molar-refractivity contribution in [1.29, 1.82) is 0 Å². The zero-order valence-electron chi connectivity index (χ0n) is 37.3. The lowest BCUT2D eigenvalue weighted by Gasteiger charge is -2.51. The van der Waals surface area contributed by atoms with Crippen LogP contribution in [0.15, 0.2) is 0 Å². The van der Waals surface area contributed by atoms with Gasteiger partial charge in [0.25, 0.3) is 0 Å².